The van der Waals surface area contributed by atoms with Gasteiger partial charge in [-0.05, 0) is 30.3 Å². The van der Waals surface area contributed by atoms with Gasteiger partial charge in [0.15, 0.2) is 0 Å². The molecule has 0 saturated heterocycles. The van der Waals surface area contributed by atoms with E-state index in [1.54, 1.807) is 36.4 Å². The number of hydrogen-bond donors (Lipinski definition) is 1. The molecule has 25 heavy (non-hydrogen) atoms. The molecule has 1 amide bonds. The van der Waals surface area contributed by atoms with Gasteiger partial charge in [-0.1, -0.05) is 18.2 Å². The first-order valence-corrected chi connectivity index (χ1v) is 7.45. The van der Waals surface area contributed by atoms with Gasteiger partial charge in [-0.3, -0.25) is 14.9 Å². The van der Waals surface area contributed by atoms with Crippen LogP contribution in [0.3, 0.4) is 0 Å². The SMILES string of the molecule is O=C(NCc1ccco1)c1cc([N+](=O)[O-])ccc1Oc1ccccc1. The van der Waals surface area contributed by atoms with Gasteiger partial charge in [-0.25, -0.2) is 0 Å². The number of carbonyl (C=O) groups is 1. The standard InChI is InChI=1S/C18H14N2O5/c21-18(19-12-15-7-4-10-24-15)16-11-13(20(22)23)8-9-17(16)25-14-5-2-1-3-6-14/h1-11H,12H2,(H,19,21). The molecular weight excluding hydrogens is 324 g/mol. The zero-order valence-corrected chi connectivity index (χ0v) is 13.0. The van der Waals surface area contributed by atoms with Crippen LogP contribution < -0.4 is 10.1 Å². The third-order valence-corrected chi connectivity index (χ3v) is 3.39. The van der Waals surface area contributed by atoms with Crippen molar-refractivity contribution >= 4 is 11.6 Å². The minimum atomic E-state index is -0.560. The van der Waals surface area contributed by atoms with Crippen LogP contribution in [0.2, 0.25) is 0 Å². The lowest BCUT2D eigenvalue weighted by Gasteiger charge is -2.11. The molecule has 3 aromatic rings. The molecule has 2 aromatic carbocycles. The molecule has 7 heteroatoms. The van der Waals surface area contributed by atoms with Crippen LogP contribution in [-0.2, 0) is 6.54 Å². The lowest BCUT2D eigenvalue weighted by Crippen LogP contribution is -2.23. The molecule has 0 aliphatic rings. The Bertz CT molecular complexity index is 876. The summed E-state index contributed by atoms with van der Waals surface area (Å²) in [5, 5.41) is 13.7. The van der Waals surface area contributed by atoms with Crippen molar-refractivity contribution in [2.75, 3.05) is 0 Å². The maximum absolute atomic E-state index is 12.5. The Morgan fingerprint density at radius 3 is 2.60 bits per heavy atom. The number of nitro benzene ring substituents is 1. The second-order valence-corrected chi connectivity index (χ2v) is 5.11. The van der Waals surface area contributed by atoms with Crippen LogP contribution in [0, 0.1) is 10.1 Å². The first-order chi connectivity index (χ1) is 12.1. The van der Waals surface area contributed by atoms with Crippen molar-refractivity contribution in [2.45, 2.75) is 6.54 Å². The number of carbonyl (C=O) groups excluding carboxylic acids is 1. The molecule has 0 atom stereocenters. The van der Waals surface area contributed by atoms with Crippen LogP contribution in [-0.4, -0.2) is 10.8 Å². The summed E-state index contributed by atoms with van der Waals surface area (Å²) < 4.78 is 10.8. The van der Waals surface area contributed by atoms with Crippen molar-refractivity contribution in [3.05, 3.63) is 88.4 Å². The monoisotopic (exact) mass is 338 g/mol. The number of furan rings is 1. The molecule has 7 nitrogen and oxygen atoms in total. The minimum Gasteiger partial charge on any atom is -0.467 e. The number of non-ortho nitro benzene ring substituents is 1. The summed E-state index contributed by atoms with van der Waals surface area (Å²) in [5.41, 5.74) is -0.117. The van der Waals surface area contributed by atoms with E-state index in [4.69, 9.17) is 9.15 Å². The van der Waals surface area contributed by atoms with E-state index in [2.05, 4.69) is 5.32 Å². The highest BCUT2D eigenvalue weighted by Crippen LogP contribution is 2.28. The number of rotatable bonds is 6. The minimum absolute atomic E-state index is 0.0737. The van der Waals surface area contributed by atoms with Crippen LogP contribution in [0.5, 0.6) is 11.5 Å². The van der Waals surface area contributed by atoms with E-state index in [0.29, 0.717) is 11.5 Å². The number of ether oxygens (including phenoxy) is 1. The molecule has 1 aromatic heterocycles. The highest BCUT2D eigenvalue weighted by molar-refractivity contribution is 5.97. The van der Waals surface area contributed by atoms with E-state index in [9.17, 15) is 14.9 Å². The first kappa shape index (κ1) is 16.3. The molecule has 0 saturated carbocycles. The Morgan fingerprint density at radius 1 is 1.12 bits per heavy atom. The number of nitrogens with one attached hydrogen (secondary N) is 1. The van der Waals surface area contributed by atoms with Crippen molar-refractivity contribution in [3.63, 3.8) is 0 Å². The molecule has 0 radical (unpaired) electrons. The molecule has 126 valence electrons. The fourth-order valence-electron chi connectivity index (χ4n) is 2.19. The average molecular weight is 338 g/mol. The van der Waals surface area contributed by atoms with Crippen LogP contribution in [0.15, 0.2) is 71.3 Å². The summed E-state index contributed by atoms with van der Waals surface area (Å²) in [6.45, 7) is 0.166. The number of benzene rings is 2. The molecule has 0 fully saturated rings. The Kier molecular flexibility index (Phi) is 4.75. The Morgan fingerprint density at radius 2 is 1.92 bits per heavy atom. The van der Waals surface area contributed by atoms with Crippen LogP contribution in [0.1, 0.15) is 16.1 Å². The summed E-state index contributed by atoms with van der Waals surface area (Å²) in [7, 11) is 0. The van der Waals surface area contributed by atoms with Gasteiger partial charge in [0.05, 0.1) is 23.3 Å². The second kappa shape index (κ2) is 7.31. The van der Waals surface area contributed by atoms with Crippen LogP contribution in [0.4, 0.5) is 5.69 Å². The Labute approximate surface area is 143 Å². The summed E-state index contributed by atoms with van der Waals surface area (Å²) in [4.78, 5) is 22.9. The third-order valence-electron chi connectivity index (χ3n) is 3.39. The molecule has 3 rings (SSSR count). The van der Waals surface area contributed by atoms with Gasteiger partial charge in [0, 0.05) is 12.1 Å². The van der Waals surface area contributed by atoms with Gasteiger partial charge in [0.1, 0.15) is 17.3 Å². The molecule has 0 bridgehead atoms. The summed E-state index contributed by atoms with van der Waals surface area (Å²) in [6, 6.07) is 16.2. The maximum atomic E-state index is 12.5. The quantitative estimate of drug-likeness (QED) is 0.543. The topological polar surface area (TPSA) is 94.6 Å². The van der Waals surface area contributed by atoms with E-state index in [1.165, 1.54) is 24.5 Å². The Balaban J connectivity index is 1.86. The molecule has 0 aliphatic carbocycles. The number of nitro groups is 1. The number of nitrogens with zero attached hydrogens (tertiary/aromatic N) is 1. The molecule has 1 N–H and O–H groups in total. The fourth-order valence-corrected chi connectivity index (χ4v) is 2.19. The van der Waals surface area contributed by atoms with Gasteiger partial charge in [-0.2, -0.15) is 0 Å². The van der Waals surface area contributed by atoms with Gasteiger partial charge in [0.2, 0.25) is 0 Å². The van der Waals surface area contributed by atoms with Crippen molar-refractivity contribution in [3.8, 4) is 11.5 Å². The molecular formula is C18H14N2O5. The predicted molar refractivity (Wildman–Crippen MR) is 89.5 cm³/mol. The number of para-hydroxylation sites is 1. The van der Waals surface area contributed by atoms with E-state index >= 15 is 0 Å². The summed E-state index contributed by atoms with van der Waals surface area (Å²) >= 11 is 0. The van der Waals surface area contributed by atoms with E-state index in [0.717, 1.165) is 0 Å². The van der Waals surface area contributed by atoms with Crippen molar-refractivity contribution in [2.24, 2.45) is 0 Å². The third kappa shape index (κ3) is 4.03. The normalized spacial score (nSPS) is 10.2. The molecule has 0 unspecified atom stereocenters. The lowest BCUT2D eigenvalue weighted by atomic mass is 10.1. The molecule has 0 aliphatic heterocycles. The largest absolute Gasteiger partial charge is 0.467 e. The van der Waals surface area contributed by atoms with Gasteiger partial charge >= 0.3 is 0 Å². The van der Waals surface area contributed by atoms with Crippen LogP contribution >= 0.6 is 0 Å². The number of hydrogen-bond acceptors (Lipinski definition) is 5. The van der Waals surface area contributed by atoms with E-state index in [-0.39, 0.29) is 23.5 Å². The smallest absolute Gasteiger partial charge is 0.270 e. The maximum Gasteiger partial charge on any atom is 0.270 e. The van der Waals surface area contributed by atoms with Gasteiger partial charge < -0.3 is 14.5 Å². The first-order valence-electron chi connectivity index (χ1n) is 7.45. The highest BCUT2D eigenvalue weighted by Gasteiger charge is 2.18. The van der Waals surface area contributed by atoms with E-state index in [1.807, 2.05) is 6.07 Å². The average Bonchev–Trinajstić information content (AvgIpc) is 3.14. The van der Waals surface area contributed by atoms with Crippen molar-refractivity contribution in [1.82, 2.24) is 5.32 Å². The van der Waals surface area contributed by atoms with Crippen molar-refractivity contribution < 1.29 is 18.9 Å². The van der Waals surface area contributed by atoms with Gasteiger partial charge in [0.25, 0.3) is 11.6 Å². The second-order valence-electron chi connectivity index (χ2n) is 5.11. The zero-order chi connectivity index (χ0) is 17.6. The summed E-state index contributed by atoms with van der Waals surface area (Å²) in [5.74, 6) is 0.834. The number of amides is 1. The summed E-state index contributed by atoms with van der Waals surface area (Å²) in [6.07, 6.45) is 1.50. The van der Waals surface area contributed by atoms with E-state index < -0.39 is 10.8 Å². The zero-order valence-electron chi connectivity index (χ0n) is 13.0. The van der Waals surface area contributed by atoms with Gasteiger partial charge in [-0.15, -0.1) is 0 Å². The van der Waals surface area contributed by atoms with Crippen LogP contribution in [0.25, 0.3) is 0 Å². The lowest BCUT2D eigenvalue weighted by molar-refractivity contribution is -0.384. The molecule has 1 heterocycles. The molecule has 0 spiro atoms. The predicted octanol–water partition coefficient (Wildman–Crippen LogP) is 3.91. The highest BCUT2D eigenvalue weighted by atomic mass is 16.6. The van der Waals surface area contributed by atoms with Crippen molar-refractivity contribution in [1.29, 1.82) is 0 Å². The Hall–Kier alpha value is -3.61. The fraction of sp³-hybridized carbons (Fsp3) is 0.0556.